The largest absolute Gasteiger partial charge is 0.349 e. The number of hydrogen-bond acceptors (Lipinski definition) is 3. The van der Waals surface area contributed by atoms with Crippen LogP contribution in [0.1, 0.15) is 48.5 Å². The molecule has 1 aliphatic carbocycles. The third kappa shape index (κ3) is 3.44. The molecule has 0 saturated heterocycles. The SMILES string of the molecule is Cc1ccc(-c2cn3c(n2)sc2cc(C(=O)N[C@H]4CCCC[C@H]4C)ccc23)cc1. The van der Waals surface area contributed by atoms with Gasteiger partial charge in [-0.25, -0.2) is 4.98 Å². The second-order valence-electron chi connectivity index (χ2n) is 8.27. The van der Waals surface area contributed by atoms with Crippen molar-refractivity contribution in [2.45, 2.75) is 45.6 Å². The number of imidazole rings is 1. The molecule has 4 aromatic rings. The second kappa shape index (κ2) is 7.30. The molecule has 4 nitrogen and oxygen atoms in total. The molecular formula is C24H25N3OS. The summed E-state index contributed by atoms with van der Waals surface area (Å²) >= 11 is 1.63. The number of thiazole rings is 1. The van der Waals surface area contributed by atoms with Crippen LogP contribution in [0.25, 0.3) is 26.4 Å². The highest BCUT2D eigenvalue weighted by molar-refractivity contribution is 7.23. The first-order valence-electron chi connectivity index (χ1n) is 10.4. The predicted octanol–water partition coefficient (Wildman–Crippen LogP) is 5.83. The van der Waals surface area contributed by atoms with Gasteiger partial charge in [0.2, 0.25) is 0 Å². The normalized spacial score (nSPS) is 19.7. The van der Waals surface area contributed by atoms with Crippen molar-refractivity contribution in [3.63, 3.8) is 0 Å². The van der Waals surface area contributed by atoms with Gasteiger partial charge in [-0.1, -0.05) is 60.9 Å². The summed E-state index contributed by atoms with van der Waals surface area (Å²) < 4.78 is 3.22. The van der Waals surface area contributed by atoms with Gasteiger partial charge in [-0.15, -0.1) is 0 Å². The zero-order chi connectivity index (χ0) is 20.0. The van der Waals surface area contributed by atoms with Gasteiger partial charge in [-0.2, -0.15) is 0 Å². The highest BCUT2D eigenvalue weighted by atomic mass is 32.1. The molecular weight excluding hydrogens is 378 g/mol. The zero-order valence-electron chi connectivity index (χ0n) is 16.8. The van der Waals surface area contributed by atoms with Crippen LogP contribution in [0.2, 0.25) is 0 Å². The number of carbonyl (C=O) groups excluding carboxylic acids is 1. The minimum atomic E-state index is 0.0389. The molecule has 0 aliphatic heterocycles. The van der Waals surface area contributed by atoms with Crippen molar-refractivity contribution < 1.29 is 4.79 Å². The average molecular weight is 404 g/mol. The second-order valence-corrected chi connectivity index (χ2v) is 9.28. The Kier molecular flexibility index (Phi) is 4.63. The third-order valence-corrected chi connectivity index (χ3v) is 7.15. The van der Waals surface area contributed by atoms with Crippen LogP contribution >= 0.6 is 11.3 Å². The molecule has 1 amide bonds. The van der Waals surface area contributed by atoms with Crippen molar-refractivity contribution in [2.75, 3.05) is 0 Å². The third-order valence-electron chi connectivity index (χ3n) is 6.13. The topological polar surface area (TPSA) is 46.4 Å². The Balaban J connectivity index is 1.43. The number of hydrogen-bond donors (Lipinski definition) is 1. The average Bonchev–Trinajstić information content (AvgIpc) is 3.27. The first kappa shape index (κ1) is 18.4. The van der Waals surface area contributed by atoms with E-state index < -0.39 is 0 Å². The highest BCUT2D eigenvalue weighted by Crippen LogP contribution is 2.30. The number of benzene rings is 2. The molecule has 0 unspecified atom stereocenters. The number of nitrogens with zero attached hydrogens (tertiary/aromatic N) is 2. The van der Waals surface area contributed by atoms with Crippen LogP contribution in [0.15, 0.2) is 48.7 Å². The van der Waals surface area contributed by atoms with Crippen LogP contribution in [-0.4, -0.2) is 21.3 Å². The van der Waals surface area contributed by atoms with Gasteiger partial charge in [-0.05, 0) is 43.9 Å². The van der Waals surface area contributed by atoms with Crippen LogP contribution in [-0.2, 0) is 0 Å². The first-order valence-corrected chi connectivity index (χ1v) is 11.2. The van der Waals surface area contributed by atoms with Crippen molar-refractivity contribution in [1.29, 1.82) is 0 Å². The van der Waals surface area contributed by atoms with Crippen LogP contribution in [0.5, 0.6) is 0 Å². The van der Waals surface area contributed by atoms with Crippen molar-refractivity contribution in [3.8, 4) is 11.3 Å². The summed E-state index contributed by atoms with van der Waals surface area (Å²) in [5.74, 6) is 0.596. The van der Waals surface area contributed by atoms with E-state index in [2.05, 4.69) is 54.0 Å². The van der Waals surface area contributed by atoms with Crippen molar-refractivity contribution >= 4 is 32.4 Å². The van der Waals surface area contributed by atoms with Gasteiger partial charge < -0.3 is 5.32 Å². The molecule has 5 rings (SSSR count). The van der Waals surface area contributed by atoms with Crippen molar-refractivity contribution in [2.24, 2.45) is 5.92 Å². The quantitative estimate of drug-likeness (QED) is 0.467. The number of fused-ring (bicyclic) bond motifs is 3. The standard InChI is InChI=1S/C24H25N3OS/c1-15-7-9-17(10-8-15)20-14-27-21-12-11-18(13-22(21)29-24(27)26-20)23(28)25-19-6-4-3-5-16(19)2/h7-14,16,19H,3-6H2,1-2H3,(H,25,28)/t16-,19+/m1/s1. The van der Waals surface area contributed by atoms with Crippen molar-refractivity contribution in [1.82, 2.24) is 14.7 Å². The van der Waals surface area contributed by atoms with Crippen LogP contribution in [0, 0.1) is 12.8 Å². The number of carbonyl (C=O) groups is 1. The van der Waals surface area contributed by atoms with E-state index in [1.165, 1.54) is 24.8 Å². The maximum atomic E-state index is 12.8. The number of nitrogens with one attached hydrogen (secondary N) is 1. The Hall–Kier alpha value is -2.66. The van der Waals surface area contributed by atoms with Gasteiger partial charge in [-0.3, -0.25) is 9.20 Å². The Morgan fingerprint density at radius 1 is 1.14 bits per heavy atom. The van der Waals surface area contributed by atoms with Gasteiger partial charge in [0.25, 0.3) is 5.91 Å². The summed E-state index contributed by atoms with van der Waals surface area (Å²) in [7, 11) is 0. The van der Waals surface area contributed by atoms with E-state index in [0.717, 1.165) is 38.4 Å². The molecule has 148 valence electrons. The maximum absolute atomic E-state index is 12.8. The first-order chi connectivity index (χ1) is 14.1. The predicted molar refractivity (Wildman–Crippen MR) is 120 cm³/mol. The zero-order valence-corrected chi connectivity index (χ0v) is 17.6. The fraction of sp³-hybridized carbons (Fsp3) is 0.333. The van der Waals surface area contributed by atoms with Gasteiger partial charge in [0.1, 0.15) is 0 Å². The molecule has 1 aliphatic rings. The van der Waals surface area contributed by atoms with Crippen molar-refractivity contribution in [3.05, 3.63) is 59.8 Å². The van der Waals surface area contributed by atoms with Gasteiger partial charge in [0, 0.05) is 23.4 Å². The summed E-state index contributed by atoms with van der Waals surface area (Å²) in [6, 6.07) is 14.7. The Bertz CT molecular complexity index is 1190. The molecule has 0 bridgehead atoms. The molecule has 1 saturated carbocycles. The smallest absolute Gasteiger partial charge is 0.251 e. The lowest BCUT2D eigenvalue weighted by Gasteiger charge is -2.29. The van der Waals surface area contributed by atoms with Gasteiger partial charge in [0.05, 0.1) is 15.9 Å². The summed E-state index contributed by atoms with van der Waals surface area (Å²) in [6.45, 7) is 4.33. The van der Waals surface area contributed by atoms with E-state index in [9.17, 15) is 4.79 Å². The Morgan fingerprint density at radius 2 is 1.93 bits per heavy atom. The van der Waals surface area contributed by atoms with E-state index >= 15 is 0 Å². The lowest BCUT2D eigenvalue weighted by atomic mass is 9.86. The summed E-state index contributed by atoms with van der Waals surface area (Å²) in [5.41, 5.74) is 5.18. The summed E-state index contributed by atoms with van der Waals surface area (Å²) in [6.07, 6.45) is 6.86. The molecule has 2 atom stereocenters. The number of amides is 1. The highest BCUT2D eigenvalue weighted by Gasteiger charge is 2.23. The Morgan fingerprint density at radius 3 is 2.72 bits per heavy atom. The fourth-order valence-corrected chi connectivity index (χ4v) is 5.34. The molecule has 0 spiro atoms. The fourth-order valence-electron chi connectivity index (χ4n) is 4.29. The minimum Gasteiger partial charge on any atom is -0.349 e. The molecule has 29 heavy (non-hydrogen) atoms. The molecule has 0 radical (unpaired) electrons. The van der Waals surface area contributed by atoms with E-state index in [0.29, 0.717) is 12.0 Å². The lowest BCUT2D eigenvalue weighted by Crippen LogP contribution is -2.41. The van der Waals surface area contributed by atoms with Gasteiger partial charge >= 0.3 is 0 Å². The molecule has 2 heterocycles. The number of aryl methyl sites for hydroxylation is 1. The summed E-state index contributed by atoms with van der Waals surface area (Å²) in [4.78, 5) is 18.6. The number of aromatic nitrogens is 2. The van der Waals surface area contributed by atoms with E-state index in [-0.39, 0.29) is 5.91 Å². The minimum absolute atomic E-state index is 0.0389. The van der Waals surface area contributed by atoms with Crippen LogP contribution < -0.4 is 5.32 Å². The van der Waals surface area contributed by atoms with Gasteiger partial charge in [0.15, 0.2) is 4.96 Å². The monoisotopic (exact) mass is 403 g/mol. The van der Waals surface area contributed by atoms with E-state index in [4.69, 9.17) is 4.98 Å². The summed E-state index contributed by atoms with van der Waals surface area (Å²) in [5, 5.41) is 3.26. The Labute approximate surface area is 174 Å². The molecule has 2 aromatic heterocycles. The van der Waals surface area contributed by atoms with E-state index in [1.54, 1.807) is 11.3 Å². The van der Waals surface area contributed by atoms with E-state index in [1.807, 2.05) is 18.2 Å². The molecule has 2 aromatic carbocycles. The number of rotatable bonds is 3. The molecule has 1 fully saturated rings. The van der Waals surface area contributed by atoms with Crippen LogP contribution in [0.3, 0.4) is 0 Å². The molecule has 5 heteroatoms. The lowest BCUT2D eigenvalue weighted by molar-refractivity contribution is 0.0910. The maximum Gasteiger partial charge on any atom is 0.251 e. The molecule has 1 N–H and O–H groups in total. The van der Waals surface area contributed by atoms with Crippen LogP contribution in [0.4, 0.5) is 0 Å².